The maximum absolute atomic E-state index is 13.0. The lowest BCUT2D eigenvalue weighted by Crippen LogP contribution is -2.38. The van der Waals surface area contributed by atoms with Gasteiger partial charge in [0.25, 0.3) is 11.5 Å². The molecule has 1 aromatic heterocycles. The first-order chi connectivity index (χ1) is 12.2. The minimum absolute atomic E-state index is 0.188. The fraction of sp³-hybridized carbons (Fsp3) is 0.421. The number of aromatic nitrogens is 2. The van der Waals surface area contributed by atoms with Gasteiger partial charge in [-0.2, -0.15) is 0 Å². The van der Waals surface area contributed by atoms with Crippen molar-refractivity contribution >= 4 is 17.7 Å². The molecular weight excluding hydrogens is 334 g/mol. The summed E-state index contributed by atoms with van der Waals surface area (Å²) in [5.41, 5.74) is 2.38. The highest BCUT2D eigenvalue weighted by atomic mass is 32.2. The van der Waals surface area contributed by atoms with Crippen molar-refractivity contribution in [2.24, 2.45) is 0 Å². The average molecular weight is 355 g/mol. The summed E-state index contributed by atoms with van der Waals surface area (Å²) in [7, 11) is 0. The van der Waals surface area contributed by atoms with Crippen molar-refractivity contribution < 1.29 is 4.79 Å². The molecule has 2 heterocycles. The van der Waals surface area contributed by atoms with E-state index in [0.29, 0.717) is 13.1 Å². The first-order valence-electron chi connectivity index (χ1n) is 8.79. The van der Waals surface area contributed by atoms with Crippen LogP contribution < -0.4 is 5.56 Å². The van der Waals surface area contributed by atoms with E-state index in [1.165, 1.54) is 11.8 Å². The van der Waals surface area contributed by atoms with Crippen LogP contribution in [0.4, 0.5) is 0 Å². The van der Waals surface area contributed by atoms with Crippen molar-refractivity contribution in [1.82, 2.24) is 14.5 Å². The molecule has 1 aromatic carbocycles. The van der Waals surface area contributed by atoms with Crippen LogP contribution in [0.25, 0.3) is 0 Å². The summed E-state index contributed by atoms with van der Waals surface area (Å²) in [5, 5.41) is 0.717. The largest absolute Gasteiger partial charge is 0.331 e. The predicted molar refractivity (Wildman–Crippen MR) is 97.9 cm³/mol. The average Bonchev–Trinajstić information content (AvgIpc) is 3.36. The lowest BCUT2D eigenvalue weighted by Gasteiger charge is -2.22. The smallest absolute Gasteiger partial charge is 0.267 e. The Morgan fingerprint density at radius 1 is 1.28 bits per heavy atom. The number of rotatable bonds is 5. The zero-order chi connectivity index (χ0) is 17.4. The van der Waals surface area contributed by atoms with Crippen LogP contribution in [0.15, 0.2) is 40.4 Å². The quantitative estimate of drug-likeness (QED) is 0.774. The summed E-state index contributed by atoms with van der Waals surface area (Å²) in [6, 6.07) is 8.60. The molecule has 2 aromatic rings. The molecule has 0 N–H and O–H groups in total. The second kappa shape index (κ2) is 6.67. The van der Waals surface area contributed by atoms with Crippen LogP contribution in [0.3, 0.4) is 0 Å². The lowest BCUT2D eigenvalue weighted by molar-refractivity contribution is 0.0726. The van der Waals surface area contributed by atoms with E-state index in [4.69, 9.17) is 0 Å². The topological polar surface area (TPSA) is 55.2 Å². The number of fused-ring (bicyclic) bond motifs is 1. The van der Waals surface area contributed by atoms with Gasteiger partial charge in [-0.3, -0.25) is 14.2 Å². The molecule has 1 aliphatic carbocycles. The third kappa shape index (κ3) is 3.23. The van der Waals surface area contributed by atoms with Crippen LogP contribution in [-0.2, 0) is 19.5 Å². The Kier molecular flexibility index (Phi) is 4.37. The summed E-state index contributed by atoms with van der Waals surface area (Å²) in [6.07, 6.45) is 4.48. The molecule has 1 amide bonds. The maximum Gasteiger partial charge on any atom is 0.267 e. The Bertz CT molecular complexity index is 856. The van der Waals surface area contributed by atoms with Gasteiger partial charge in [0.15, 0.2) is 5.16 Å². The third-order valence-corrected chi connectivity index (χ3v) is 5.79. The number of hydrogen-bond donors (Lipinski definition) is 0. The highest BCUT2D eigenvalue weighted by Crippen LogP contribution is 2.30. The van der Waals surface area contributed by atoms with Gasteiger partial charge in [-0.05, 0) is 30.4 Å². The fourth-order valence-electron chi connectivity index (χ4n) is 3.15. The van der Waals surface area contributed by atoms with E-state index in [-0.39, 0.29) is 23.1 Å². The minimum atomic E-state index is -0.202. The molecule has 130 valence electrons. The Morgan fingerprint density at radius 3 is 2.68 bits per heavy atom. The number of amides is 1. The van der Waals surface area contributed by atoms with Crippen molar-refractivity contribution in [2.75, 3.05) is 5.75 Å². The zero-order valence-electron chi connectivity index (χ0n) is 14.3. The summed E-state index contributed by atoms with van der Waals surface area (Å²) in [5.74, 6) is 0.655. The van der Waals surface area contributed by atoms with Gasteiger partial charge >= 0.3 is 0 Å². The first-order valence-corrected chi connectivity index (χ1v) is 9.77. The summed E-state index contributed by atoms with van der Waals surface area (Å²) < 4.78 is 1.62. The van der Waals surface area contributed by atoms with Gasteiger partial charge in [0, 0.05) is 31.1 Å². The number of thioether (sulfide) groups is 1. The second-order valence-electron chi connectivity index (χ2n) is 6.59. The number of hydrogen-bond acceptors (Lipinski definition) is 4. The number of benzene rings is 1. The van der Waals surface area contributed by atoms with E-state index in [9.17, 15) is 9.59 Å². The van der Waals surface area contributed by atoms with E-state index < -0.39 is 0 Å². The summed E-state index contributed by atoms with van der Waals surface area (Å²) >= 11 is 1.56. The van der Waals surface area contributed by atoms with Gasteiger partial charge in [0.1, 0.15) is 5.56 Å². The summed E-state index contributed by atoms with van der Waals surface area (Å²) in [6.45, 7) is 3.31. The predicted octanol–water partition coefficient (Wildman–Crippen LogP) is 2.72. The maximum atomic E-state index is 13.0. The molecule has 0 atom stereocenters. The Balaban J connectivity index is 1.60. The van der Waals surface area contributed by atoms with Crippen molar-refractivity contribution in [3.05, 3.63) is 57.5 Å². The van der Waals surface area contributed by atoms with Crippen LogP contribution in [0.2, 0.25) is 0 Å². The third-order valence-electron chi connectivity index (χ3n) is 4.82. The van der Waals surface area contributed by atoms with Crippen LogP contribution in [0.5, 0.6) is 0 Å². The Morgan fingerprint density at radius 2 is 2.00 bits per heavy atom. The molecule has 0 radical (unpaired) electrons. The van der Waals surface area contributed by atoms with Gasteiger partial charge < -0.3 is 4.90 Å². The highest BCUT2D eigenvalue weighted by molar-refractivity contribution is 7.99. The van der Waals surface area contributed by atoms with Gasteiger partial charge in [0.05, 0.1) is 0 Å². The Labute approximate surface area is 151 Å². The monoisotopic (exact) mass is 355 g/mol. The molecular formula is C19H21N3O2S. The molecule has 5 nitrogen and oxygen atoms in total. The zero-order valence-corrected chi connectivity index (χ0v) is 15.1. The molecule has 0 unspecified atom stereocenters. The van der Waals surface area contributed by atoms with Crippen molar-refractivity contribution in [2.45, 2.75) is 50.5 Å². The molecule has 25 heavy (non-hydrogen) atoms. The van der Waals surface area contributed by atoms with Crippen LogP contribution in [-0.4, -0.2) is 32.2 Å². The van der Waals surface area contributed by atoms with Crippen molar-refractivity contribution in [3.8, 4) is 0 Å². The van der Waals surface area contributed by atoms with E-state index in [0.717, 1.165) is 35.7 Å². The molecule has 4 rings (SSSR count). The standard InChI is InChI=1S/C19H21N3O2S/c1-2-13-3-5-14(6-4-13)12-22(15-7-8-15)18(24)16-11-20-19-21(17(16)23)9-10-25-19/h3-6,11,15H,2,7-10,12H2,1H3. The number of carbonyl (C=O) groups is 1. The highest BCUT2D eigenvalue weighted by Gasteiger charge is 2.34. The molecule has 0 bridgehead atoms. The molecule has 1 aliphatic heterocycles. The van der Waals surface area contributed by atoms with Gasteiger partial charge in [-0.15, -0.1) is 0 Å². The van der Waals surface area contributed by atoms with E-state index >= 15 is 0 Å². The number of nitrogens with zero attached hydrogens (tertiary/aromatic N) is 3. The number of carbonyl (C=O) groups excluding carboxylic acids is 1. The molecule has 0 spiro atoms. The van der Waals surface area contributed by atoms with Gasteiger partial charge in [0.2, 0.25) is 0 Å². The first kappa shape index (κ1) is 16.4. The fourth-order valence-corrected chi connectivity index (χ4v) is 4.06. The van der Waals surface area contributed by atoms with Crippen LogP contribution in [0.1, 0.15) is 41.3 Å². The second-order valence-corrected chi connectivity index (χ2v) is 7.66. The number of aryl methyl sites for hydroxylation is 1. The SMILES string of the molecule is CCc1ccc(CN(C(=O)c2cnc3n(c2=O)CCS3)C2CC2)cc1. The summed E-state index contributed by atoms with van der Waals surface area (Å²) in [4.78, 5) is 31.8. The van der Waals surface area contributed by atoms with Crippen molar-refractivity contribution in [1.29, 1.82) is 0 Å². The van der Waals surface area contributed by atoms with E-state index in [2.05, 4.69) is 36.2 Å². The molecule has 6 heteroatoms. The molecule has 0 saturated heterocycles. The van der Waals surface area contributed by atoms with E-state index in [1.807, 2.05) is 4.90 Å². The van der Waals surface area contributed by atoms with Crippen molar-refractivity contribution in [3.63, 3.8) is 0 Å². The Hall–Kier alpha value is -2.08. The molecule has 1 fully saturated rings. The minimum Gasteiger partial charge on any atom is -0.331 e. The molecule has 2 aliphatic rings. The van der Waals surface area contributed by atoms with E-state index in [1.54, 1.807) is 16.3 Å². The molecule has 1 saturated carbocycles. The lowest BCUT2D eigenvalue weighted by atomic mass is 10.1. The van der Waals surface area contributed by atoms with Crippen LogP contribution >= 0.6 is 11.8 Å². The normalized spacial score (nSPS) is 15.9. The van der Waals surface area contributed by atoms with Gasteiger partial charge in [-0.25, -0.2) is 4.98 Å². The van der Waals surface area contributed by atoms with Crippen LogP contribution in [0, 0.1) is 0 Å². The van der Waals surface area contributed by atoms with Gasteiger partial charge in [-0.1, -0.05) is 43.0 Å².